The largest absolute Gasteiger partial charge is 0.496 e. The molecule has 5 heteroatoms. The maximum atomic E-state index is 13.7. The zero-order valence-electron chi connectivity index (χ0n) is 19.0. The summed E-state index contributed by atoms with van der Waals surface area (Å²) in [6.07, 6.45) is 6.59. The number of benzene rings is 3. The molecule has 3 aromatic carbocycles. The first kappa shape index (κ1) is 21.8. The van der Waals surface area contributed by atoms with Crippen molar-refractivity contribution in [1.82, 2.24) is 4.90 Å². The highest BCUT2D eigenvalue weighted by molar-refractivity contribution is 8.18. The minimum absolute atomic E-state index is 0.0633. The van der Waals surface area contributed by atoms with Gasteiger partial charge in [0.1, 0.15) is 5.75 Å². The second kappa shape index (κ2) is 9.44. The van der Waals surface area contributed by atoms with Gasteiger partial charge in [0, 0.05) is 11.4 Å². The van der Waals surface area contributed by atoms with Gasteiger partial charge < -0.3 is 4.74 Å². The Labute approximate surface area is 199 Å². The van der Waals surface area contributed by atoms with Crippen LogP contribution in [0.5, 0.6) is 5.75 Å². The lowest BCUT2D eigenvalue weighted by Crippen LogP contribution is -2.44. The van der Waals surface area contributed by atoms with E-state index in [1.54, 1.807) is 7.11 Å². The number of nitrogens with zero attached hydrogens (tertiary/aromatic N) is 2. The maximum Gasteiger partial charge on any atom is 0.267 e. The molecule has 0 unspecified atom stereocenters. The summed E-state index contributed by atoms with van der Waals surface area (Å²) in [5.41, 5.74) is 1.89. The number of aliphatic imine (C=N–C) groups is 1. The van der Waals surface area contributed by atoms with Crippen molar-refractivity contribution >= 4 is 45.4 Å². The third-order valence-corrected chi connectivity index (χ3v) is 7.62. The van der Waals surface area contributed by atoms with Crippen molar-refractivity contribution in [2.24, 2.45) is 10.9 Å². The number of methoxy groups -OCH3 is 1. The molecule has 33 heavy (non-hydrogen) atoms. The lowest BCUT2D eigenvalue weighted by Gasteiger charge is -2.35. The Hall–Kier alpha value is -3.05. The lowest BCUT2D eigenvalue weighted by atomic mass is 9.85. The third-order valence-electron chi connectivity index (χ3n) is 6.64. The molecule has 168 valence electrons. The standard InChI is InChI=1S/C28H28N2O2S/c1-19-10-6-9-15-24(19)30-27(31)26(33-28(30)29-21-11-4-3-5-12-21)18-20-16-17-25(32-2)23-14-8-7-13-22(20)23/h3-5,7-8,11-14,16-19,24H,6,9-10,15H2,1-2H3/b26-18-,29-28?/t19-,24-/m1/s1. The first-order chi connectivity index (χ1) is 16.2. The van der Waals surface area contributed by atoms with E-state index in [2.05, 4.69) is 19.1 Å². The van der Waals surface area contributed by atoms with E-state index in [9.17, 15) is 4.79 Å². The predicted octanol–water partition coefficient (Wildman–Crippen LogP) is 7.03. The van der Waals surface area contributed by atoms with Crippen LogP contribution in [0.2, 0.25) is 0 Å². The van der Waals surface area contributed by atoms with Crippen LogP contribution in [-0.4, -0.2) is 29.1 Å². The number of fused-ring (bicyclic) bond motifs is 1. The van der Waals surface area contributed by atoms with E-state index in [1.165, 1.54) is 18.2 Å². The Morgan fingerprint density at radius 2 is 1.70 bits per heavy atom. The Morgan fingerprint density at radius 1 is 0.970 bits per heavy atom. The summed E-state index contributed by atoms with van der Waals surface area (Å²) in [5, 5.41) is 2.90. The average Bonchev–Trinajstić information content (AvgIpc) is 3.14. The number of para-hydroxylation sites is 1. The highest BCUT2D eigenvalue weighted by Crippen LogP contribution is 2.41. The second-order valence-electron chi connectivity index (χ2n) is 8.75. The lowest BCUT2D eigenvalue weighted by molar-refractivity contribution is -0.124. The minimum Gasteiger partial charge on any atom is -0.496 e. The zero-order chi connectivity index (χ0) is 22.8. The fourth-order valence-corrected chi connectivity index (χ4v) is 5.93. The molecule has 0 bridgehead atoms. The molecule has 1 aliphatic carbocycles. The molecule has 2 atom stereocenters. The monoisotopic (exact) mass is 456 g/mol. The summed E-state index contributed by atoms with van der Waals surface area (Å²) in [7, 11) is 1.69. The molecule has 1 saturated carbocycles. The zero-order valence-corrected chi connectivity index (χ0v) is 19.8. The van der Waals surface area contributed by atoms with E-state index in [4.69, 9.17) is 9.73 Å². The van der Waals surface area contributed by atoms with Crippen LogP contribution in [0.1, 0.15) is 38.2 Å². The number of carbonyl (C=O) groups excluding carboxylic acids is 1. The molecule has 3 aromatic rings. The number of ether oxygens (including phenoxy) is 1. The first-order valence-corrected chi connectivity index (χ1v) is 12.4. The summed E-state index contributed by atoms with van der Waals surface area (Å²) in [5.74, 6) is 1.36. The quantitative estimate of drug-likeness (QED) is 0.396. The van der Waals surface area contributed by atoms with Crippen LogP contribution in [0.4, 0.5) is 5.69 Å². The van der Waals surface area contributed by atoms with Gasteiger partial charge in [0.2, 0.25) is 0 Å². The molecular weight excluding hydrogens is 428 g/mol. The molecule has 0 radical (unpaired) electrons. The number of amidine groups is 1. The van der Waals surface area contributed by atoms with Gasteiger partial charge in [0.05, 0.1) is 17.7 Å². The van der Waals surface area contributed by atoms with E-state index < -0.39 is 0 Å². The summed E-state index contributed by atoms with van der Waals surface area (Å²) in [6.45, 7) is 2.26. The van der Waals surface area contributed by atoms with Crippen molar-refractivity contribution in [3.63, 3.8) is 0 Å². The SMILES string of the molecule is COc1ccc(/C=C2\SC(=Nc3ccccc3)N([C@@H]3CCCC[C@H]3C)C2=O)c2ccccc12. The minimum atomic E-state index is 0.0633. The van der Waals surface area contributed by atoms with Gasteiger partial charge in [-0.05, 0) is 65.7 Å². The first-order valence-electron chi connectivity index (χ1n) is 11.6. The van der Waals surface area contributed by atoms with Gasteiger partial charge in [0.15, 0.2) is 5.17 Å². The number of thioether (sulfide) groups is 1. The molecule has 5 rings (SSSR count). The number of rotatable bonds is 4. The number of carbonyl (C=O) groups is 1. The molecule has 0 N–H and O–H groups in total. The van der Waals surface area contributed by atoms with E-state index in [1.807, 2.05) is 65.6 Å². The second-order valence-corrected chi connectivity index (χ2v) is 9.76. The van der Waals surface area contributed by atoms with Crippen molar-refractivity contribution in [2.75, 3.05) is 7.11 Å². The Morgan fingerprint density at radius 3 is 2.45 bits per heavy atom. The third kappa shape index (κ3) is 4.30. The molecule has 1 amide bonds. The fraction of sp³-hybridized carbons (Fsp3) is 0.286. The Kier molecular flexibility index (Phi) is 6.23. The molecular formula is C28H28N2O2S. The number of hydrogen-bond acceptors (Lipinski definition) is 4. The molecule has 2 fully saturated rings. The fourth-order valence-electron chi connectivity index (χ4n) is 4.89. The van der Waals surface area contributed by atoms with Crippen molar-refractivity contribution in [1.29, 1.82) is 0 Å². The van der Waals surface area contributed by atoms with E-state index in [0.717, 1.165) is 57.1 Å². The van der Waals surface area contributed by atoms with Crippen LogP contribution < -0.4 is 4.74 Å². The molecule has 4 nitrogen and oxygen atoms in total. The Balaban J connectivity index is 1.58. The van der Waals surface area contributed by atoms with Crippen molar-refractivity contribution < 1.29 is 9.53 Å². The molecule has 0 aromatic heterocycles. The van der Waals surface area contributed by atoms with Gasteiger partial charge in [0.25, 0.3) is 5.91 Å². The molecule has 0 spiro atoms. The topological polar surface area (TPSA) is 41.9 Å². The summed E-state index contributed by atoms with van der Waals surface area (Å²) in [4.78, 5) is 21.3. The van der Waals surface area contributed by atoms with E-state index in [-0.39, 0.29) is 11.9 Å². The van der Waals surface area contributed by atoms with Gasteiger partial charge in [-0.15, -0.1) is 0 Å². The van der Waals surface area contributed by atoms with Gasteiger partial charge in [-0.1, -0.05) is 68.3 Å². The summed E-state index contributed by atoms with van der Waals surface area (Å²) in [6, 6.07) is 22.3. The van der Waals surface area contributed by atoms with Crippen molar-refractivity contribution in [3.05, 3.63) is 77.2 Å². The van der Waals surface area contributed by atoms with Crippen LogP contribution in [0.15, 0.2) is 76.6 Å². The van der Waals surface area contributed by atoms with Gasteiger partial charge in [-0.25, -0.2) is 4.99 Å². The van der Waals surface area contributed by atoms with Gasteiger partial charge in [-0.2, -0.15) is 0 Å². The number of hydrogen-bond donors (Lipinski definition) is 0. The molecule has 2 aliphatic rings. The normalized spacial score (nSPS) is 23.6. The van der Waals surface area contributed by atoms with Crippen LogP contribution in [-0.2, 0) is 4.79 Å². The van der Waals surface area contributed by atoms with Gasteiger partial charge >= 0.3 is 0 Å². The molecule has 1 saturated heterocycles. The Bertz CT molecular complexity index is 1240. The highest BCUT2D eigenvalue weighted by Gasteiger charge is 2.41. The van der Waals surface area contributed by atoms with E-state index >= 15 is 0 Å². The smallest absolute Gasteiger partial charge is 0.267 e. The maximum absolute atomic E-state index is 13.7. The highest BCUT2D eigenvalue weighted by atomic mass is 32.2. The van der Waals surface area contributed by atoms with Crippen LogP contribution in [0, 0.1) is 5.92 Å². The summed E-state index contributed by atoms with van der Waals surface area (Å²) < 4.78 is 5.55. The molecule has 1 aliphatic heterocycles. The van der Waals surface area contributed by atoms with Crippen molar-refractivity contribution in [3.8, 4) is 5.75 Å². The van der Waals surface area contributed by atoms with Gasteiger partial charge in [-0.3, -0.25) is 9.69 Å². The molecule has 1 heterocycles. The average molecular weight is 457 g/mol. The van der Waals surface area contributed by atoms with Crippen LogP contribution in [0.25, 0.3) is 16.8 Å². The van der Waals surface area contributed by atoms with E-state index in [0.29, 0.717) is 5.92 Å². The van der Waals surface area contributed by atoms with Crippen molar-refractivity contribution in [2.45, 2.75) is 38.6 Å². The van der Waals surface area contributed by atoms with Crippen LogP contribution >= 0.6 is 11.8 Å². The van der Waals surface area contributed by atoms with Crippen LogP contribution in [0.3, 0.4) is 0 Å². The number of amides is 1. The summed E-state index contributed by atoms with van der Waals surface area (Å²) >= 11 is 1.49. The predicted molar refractivity (Wildman–Crippen MR) is 138 cm³/mol.